The first-order chi connectivity index (χ1) is 9.51. The quantitative estimate of drug-likeness (QED) is 0.606. The maximum Gasteiger partial charge on any atom is 0.242 e. The molecule has 1 rings (SSSR count). The summed E-state index contributed by atoms with van der Waals surface area (Å²) in [6, 6.07) is 4.38. The van der Waals surface area contributed by atoms with Crippen molar-refractivity contribution in [1.82, 2.24) is 4.72 Å². The van der Waals surface area contributed by atoms with Gasteiger partial charge in [0, 0.05) is 25.8 Å². The lowest BCUT2D eigenvalue weighted by Gasteiger charge is -2.08. The lowest BCUT2D eigenvalue weighted by atomic mass is 10.2. The number of rotatable bonds is 6. The van der Waals surface area contributed by atoms with Crippen LogP contribution in [0.2, 0.25) is 5.02 Å². The lowest BCUT2D eigenvalue weighted by Crippen LogP contribution is -2.25. The molecule has 0 atom stereocenters. The highest BCUT2D eigenvalue weighted by Crippen LogP contribution is 2.22. The Morgan fingerprint density at radius 3 is 2.80 bits per heavy atom. The van der Waals surface area contributed by atoms with Gasteiger partial charge >= 0.3 is 0 Å². The van der Waals surface area contributed by atoms with E-state index in [2.05, 4.69) is 16.6 Å². The molecule has 0 fully saturated rings. The van der Waals surface area contributed by atoms with Gasteiger partial charge in [-0.05, 0) is 24.6 Å². The van der Waals surface area contributed by atoms with Crippen LogP contribution in [0.25, 0.3) is 0 Å². The van der Waals surface area contributed by atoms with E-state index in [0.29, 0.717) is 18.6 Å². The number of ether oxygens (including phenoxy) is 1. The van der Waals surface area contributed by atoms with Crippen LogP contribution in [0.1, 0.15) is 12.0 Å². The predicted octanol–water partition coefficient (Wildman–Crippen LogP) is 0.999. The standard InChI is InChI=1S/C13H16ClNO4S/c1-19-9-3-7-15-20(17,18)13-6-5-11(4-2-8-16)10-12(13)14/h5-6,10,15-16H,3,7-9H2,1H3. The summed E-state index contributed by atoms with van der Waals surface area (Å²) >= 11 is 5.96. The first kappa shape index (κ1) is 17.0. The highest BCUT2D eigenvalue weighted by molar-refractivity contribution is 7.89. The van der Waals surface area contributed by atoms with Crippen LogP contribution in [0.15, 0.2) is 23.1 Å². The Labute approximate surface area is 124 Å². The third kappa shape index (κ3) is 5.12. The molecule has 2 N–H and O–H groups in total. The Balaban J connectivity index is 2.85. The van der Waals surface area contributed by atoms with Crippen LogP contribution in [0, 0.1) is 11.8 Å². The maximum absolute atomic E-state index is 12.0. The summed E-state index contributed by atoms with van der Waals surface area (Å²) in [6.45, 7) is 0.489. The molecule has 5 nitrogen and oxygen atoms in total. The topological polar surface area (TPSA) is 75.6 Å². The third-order valence-electron chi connectivity index (χ3n) is 2.35. The van der Waals surface area contributed by atoms with Gasteiger partial charge in [0.15, 0.2) is 0 Å². The van der Waals surface area contributed by atoms with Crippen molar-refractivity contribution >= 4 is 21.6 Å². The highest BCUT2D eigenvalue weighted by atomic mass is 35.5. The molecule has 0 radical (unpaired) electrons. The van der Waals surface area contributed by atoms with E-state index in [1.165, 1.54) is 18.2 Å². The smallest absolute Gasteiger partial charge is 0.242 e. The molecule has 20 heavy (non-hydrogen) atoms. The fourth-order valence-electron chi connectivity index (χ4n) is 1.44. The maximum atomic E-state index is 12.0. The average Bonchev–Trinajstić information content (AvgIpc) is 2.41. The fraction of sp³-hybridized carbons (Fsp3) is 0.385. The van der Waals surface area contributed by atoms with Crippen LogP contribution >= 0.6 is 11.6 Å². The van der Waals surface area contributed by atoms with E-state index in [9.17, 15) is 8.42 Å². The minimum absolute atomic E-state index is 0.00568. The summed E-state index contributed by atoms with van der Waals surface area (Å²) in [5.74, 6) is 5.12. The zero-order chi connectivity index (χ0) is 15.0. The molecule has 0 saturated carbocycles. The molecular formula is C13H16ClNO4S. The Morgan fingerprint density at radius 2 is 2.20 bits per heavy atom. The molecule has 0 unspecified atom stereocenters. The fourth-order valence-corrected chi connectivity index (χ4v) is 3.06. The SMILES string of the molecule is COCCCNS(=O)(=O)c1ccc(C#CCO)cc1Cl. The molecule has 0 aliphatic rings. The van der Waals surface area contributed by atoms with Gasteiger partial charge in [0.2, 0.25) is 10.0 Å². The second-order valence-electron chi connectivity index (χ2n) is 3.85. The number of benzene rings is 1. The van der Waals surface area contributed by atoms with Crippen molar-refractivity contribution in [2.45, 2.75) is 11.3 Å². The second kappa shape index (κ2) is 8.25. The van der Waals surface area contributed by atoms with E-state index in [4.69, 9.17) is 21.4 Å². The van der Waals surface area contributed by atoms with E-state index in [1.54, 1.807) is 7.11 Å². The third-order valence-corrected chi connectivity index (χ3v) is 4.29. The van der Waals surface area contributed by atoms with Gasteiger partial charge in [0.05, 0.1) is 5.02 Å². The minimum atomic E-state index is -3.64. The summed E-state index contributed by atoms with van der Waals surface area (Å²) in [5.41, 5.74) is 0.544. The van der Waals surface area contributed by atoms with E-state index >= 15 is 0 Å². The zero-order valence-electron chi connectivity index (χ0n) is 11.0. The van der Waals surface area contributed by atoms with Crippen molar-refractivity contribution in [3.63, 3.8) is 0 Å². The Kier molecular flexibility index (Phi) is 6.99. The summed E-state index contributed by atoms with van der Waals surface area (Å²) in [4.78, 5) is 0.00568. The summed E-state index contributed by atoms with van der Waals surface area (Å²) in [7, 11) is -2.09. The van der Waals surface area contributed by atoms with Crippen LogP contribution in [0.5, 0.6) is 0 Å². The van der Waals surface area contributed by atoms with Crippen LogP contribution in [0.4, 0.5) is 0 Å². The molecular weight excluding hydrogens is 302 g/mol. The zero-order valence-corrected chi connectivity index (χ0v) is 12.6. The van der Waals surface area contributed by atoms with Crippen molar-refractivity contribution in [3.8, 4) is 11.8 Å². The number of aliphatic hydroxyl groups excluding tert-OH is 1. The minimum Gasteiger partial charge on any atom is -0.385 e. The van der Waals surface area contributed by atoms with Crippen LogP contribution in [-0.2, 0) is 14.8 Å². The Hall–Kier alpha value is -1.10. The van der Waals surface area contributed by atoms with Gasteiger partial charge in [-0.3, -0.25) is 0 Å². The number of aliphatic hydroxyl groups is 1. The lowest BCUT2D eigenvalue weighted by molar-refractivity contribution is 0.196. The summed E-state index contributed by atoms with van der Waals surface area (Å²) in [5, 5.41) is 8.69. The first-order valence-electron chi connectivity index (χ1n) is 5.89. The number of halogens is 1. The molecule has 0 spiro atoms. The van der Waals surface area contributed by atoms with E-state index < -0.39 is 10.0 Å². The predicted molar refractivity (Wildman–Crippen MR) is 77.1 cm³/mol. The Bertz CT molecular complexity index is 605. The molecule has 0 amide bonds. The molecule has 0 aromatic heterocycles. The largest absolute Gasteiger partial charge is 0.385 e. The van der Waals surface area contributed by atoms with Gasteiger partial charge in [0.25, 0.3) is 0 Å². The summed E-state index contributed by atoms with van der Waals surface area (Å²) in [6.07, 6.45) is 0.577. The van der Waals surface area contributed by atoms with Gasteiger partial charge in [-0.2, -0.15) is 0 Å². The van der Waals surface area contributed by atoms with E-state index in [-0.39, 0.29) is 23.1 Å². The normalized spacial score (nSPS) is 10.9. The molecule has 0 saturated heterocycles. The molecule has 1 aromatic rings. The van der Waals surface area contributed by atoms with Crippen molar-refractivity contribution in [2.75, 3.05) is 26.9 Å². The van der Waals surface area contributed by atoms with Crippen molar-refractivity contribution in [3.05, 3.63) is 28.8 Å². The number of hydrogen-bond donors (Lipinski definition) is 2. The van der Waals surface area contributed by atoms with Gasteiger partial charge in [-0.15, -0.1) is 0 Å². The monoisotopic (exact) mass is 317 g/mol. The van der Waals surface area contributed by atoms with Gasteiger partial charge in [-0.25, -0.2) is 13.1 Å². The summed E-state index contributed by atoms with van der Waals surface area (Å²) < 4.78 is 31.3. The second-order valence-corrected chi connectivity index (χ2v) is 5.99. The van der Waals surface area contributed by atoms with E-state index in [0.717, 1.165) is 0 Å². The van der Waals surface area contributed by atoms with Crippen molar-refractivity contribution in [2.24, 2.45) is 0 Å². The molecule has 0 heterocycles. The molecule has 0 aliphatic heterocycles. The van der Waals surface area contributed by atoms with Crippen molar-refractivity contribution < 1.29 is 18.3 Å². The number of hydrogen-bond acceptors (Lipinski definition) is 4. The molecule has 110 valence electrons. The van der Waals surface area contributed by atoms with Gasteiger partial charge < -0.3 is 9.84 Å². The number of methoxy groups -OCH3 is 1. The molecule has 7 heteroatoms. The van der Waals surface area contributed by atoms with Gasteiger partial charge in [-0.1, -0.05) is 23.4 Å². The van der Waals surface area contributed by atoms with Crippen molar-refractivity contribution in [1.29, 1.82) is 0 Å². The van der Waals surface area contributed by atoms with Crippen LogP contribution in [0.3, 0.4) is 0 Å². The van der Waals surface area contributed by atoms with Gasteiger partial charge in [0.1, 0.15) is 11.5 Å². The van der Waals surface area contributed by atoms with Crippen LogP contribution in [-0.4, -0.2) is 40.4 Å². The number of sulfonamides is 1. The molecule has 1 aromatic carbocycles. The molecule has 0 aliphatic carbocycles. The Morgan fingerprint density at radius 1 is 1.45 bits per heavy atom. The molecule has 0 bridgehead atoms. The van der Waals surface area contributed by atoms with E-state index in [1.807, 2.05) is 0 Å². The average molecular weight is 318 g/mol. The number of nitrogens with one attached hydrogen (secondary N) is 1. The first-order valence-corrected chi connectivity index (χ1v) is 7.75. The highest BCUT2D eigenvalue weighted by Gasteiger charge is 2.17. The van der Waals surface area contributed by atoms with Crippen LogP contribution < -0.4 is 4.72 Å².